The number of hydrogen-bond donors (Lipinski definition) is 3. The Morgan fingerprint density at radius 2 is 2.07 bits per heavy atom. The van der Waals surface area contributed by atoms with Crippen molar-refractivity contribution in [3.05, 3.63) is 28.8 Å². The van der Waals surface area contributed by atoms with Crippen LogP contribution in [0, 0.1) is 0 Å². The average Bonchev–Trinajstić information content (AvgIpc) is 2.20. The molecule has 2 amide bonds. The molecule has 1 rings (SSSR count). The van der Waals surface area contributed by atoms with E-state index in [0.717, 1.165) is 0 Å². The van der Waals surface area contributed by atoms with Gasteiger partial charge in [-0.2, -0.15) is 0 Å². The van der Waals surface area contributed by atoms with E-state index in [1.807, 2.05) is 0 Å². The number of carbonyl (C=O) groups excluding carboxylic acids is 1. The van der Waals surface area contributed by atoms with Crippen LogP contribution in [0.1, 0.15) is 10.4 Å². The standard InChI is InChI=1S/C9H9ClN2O3/c1-11-9(15)12-7-5(8(13)14)3-2-4-6(7)10/h2-4H,1H3,(H,13,14)(H2,11,12,15). The number of urea groups is 1. The highest BCUT2D eigenvalue weighted by Crippen LogP contribution is 2.25. The van der Waals surface area contributed by atoms with Crippen molar-refractivity contribution in [3.8, 4) is 0 Å². The first-order chi connectivity index (χ1) is 7.06. The molecule has 0 bridgehead atoms. The summed E-state index contributed by atoms with van der Waals surface area (Å²) in [5.74, 6) is -1.15. The fourth-order valence-corrected chi connectivity index (χ4v) is 1.23. The second-order valence-corrected chi connectivity index (χ2v) is 3.08. The number of benzene rings is 1. The molecule has 0 unspecified atom stereocenters. The lowest BCUT2D eigenvalue weighted by Crippen LogP contribution is -2.25. The van der Waals surface area contributed by atoms with Gasteiger partial charge in [0.2, 0.25) is 0 Å². The van der Waals surface area contributed by atoms with Crippen molar-refractivity contribution in [3.63, 3.8) is 0 Å². The van der Waals surface area contributed by atoms with Crippen molar-refractivity contribution in [2.24, 2.45) is 0 Å². The van der Waals surface area contributed by atoms with Crippen LogP contribution in [0.4, 0.5) is 10.5 Å². The van der Waals surface area contributed by atoms with Gasteiger partial charge < -0.3 is 15.7 Å². The molecule has 0 fully saturated rings. The van der Waals surface area contributed by atoms with Gasteiger partial charge in [0.25, 0.3) is 0 Å². The topological polar surface area (TPSA) is 78.4 Å². The van der Waals surface area contributed by atoms with Gasteiger partial charge in [0.1, 0.15) is 0 Å². The maximum atomic E-state index is 11.0. The van der Waals surface area contributed by atoms with Gasteiger partial charge in [0, 0.05) is 7.05 Å². The number of carbonyl (C=O) groups is 2. The normalized spacial score (nSPS) is 9.47. The Labute approximate surface area is 91.0 Å². The summed E-state index contributed by atoms with van der Waals surface area (Å²) >= 11 is 5.77. The van der Waals surface area contributed by atoms with Crippen LogP contribution in [0.3, 0.4) is 0 Å². The number of halogens is 1. The lowest BCUT2D eigenvalue weighted by Gasteiger charge is -2.09. The third kappa shape index (κ3) is 2.60. The highest BCUT2D eigenvalue weighted by atomic mass is 35.5. The average molecular weight is 229 g/mol. The van der Waals surface area contributed by atoms with E-state index >= 15 is 0 Å². The zero-order chi connectivity index (χ0) is 11.4. The van der Waals surface area contributed by atoms with Crippen molar-refractivity contribution < 1.29 is 14.7 Å². The van der Waals surface area contributed by atoms with Gasteiger partial charge >= 0.3 is 12.0 Å². The number of nitrogens with one attached hydrogen (secondary N) is 2. The lowest BCUT2D eigenvalue weighted by molar-refractivity contribution is 0.0698. The fraction of sp³-hybridized carbons (Fsp3) is 0.111. The summed E-state index contributed by atoms with van der Waals surface area (Å²) in [6, 6.07) is 3.84. The van der Waals surface area contributed by atoms with Crippen LogP contribution in [0.15, 0.2) is 18.2 Å². The van der Waals surface area contributed by atoms with Crippen LogP contribution in [-0.4, -0.2) is 24.2 Å². The molecule has 5 nitrogen and oxygen atoms in total. The van der Waals surface area contributed by atoms with E-state index < -0.39 is 12.0 Å². The number of amides is 2. The summed E-state index contributed by atoms with van der Waals surface area (Å²) in [7, 11) is 1.42. The number of anilines is 1. The minimum atomic E-state index is -1.15. The third-order valence-corrected chi connectivity index (χ3v) is 2.02. The van der Waals surface area contributed by atoms with Crippen molar-refractivity contribution in [1.29, 1.82) is 0 Å². The quantitative estimate of drug-likeness (QED) is 0.722. The van der Waals surface area contributed by atoms with Crippen LogP contribution >= 0.6 is 11.6 Å². The molecule has 1 aromatic carbocycles. The largest absolute Gasteiger partial charge is 0.478 e. The van der Waals surface area contributed by atoms with Crippen molar-refractivity contribution in [1.82, 2.24) is 5.32 Å². The molecule has 0 spiro atoms. The fourth-order valence-electron chi connectivity index (χ4n) is 1.01. The first kappa shape index (κ1) is 11.3. The van der Waals surface area contributed by atoms with Gasteiger partial charge in [-0.3, -0.25) is 0 Å². The Morgan fingerprint density at radius 3 is 2.60 bits per heavy atom. The molecule has 0 heterocycles. The molecule has 80 valence electrons. The molecule has 0 aromatic heterocycles. The molecular weight excluding hydrogens is 220 g/mol. The van der Waals surface area contributed by atoms with E-state index in [-0.39, 0.29) is 16.3 Å². The number of carboxylic acids is 1. The van der Waals surface area contributed by atoms with Gasteiger partial charge in [-0.25, -0.2) is 9.59 Å². The van der Waals surface area contributed by atoms with Crippen molar-refractivity contribution in [2.45, 2.75) is 0 Å². The predicted molar refractivity (Wildman–Crippen MR) is 56.5 cm³/mol. The van der Waals surface area contributed by atoms with E-state index in [1.165, 1.54) is 25.2 Å². The SMILES string of the molecule is CNC(=O)Nc1c(Cl)cccc1C(=O)O. The predicted octanol–water partition coefficient (Wildman–Crippen LogP) is 1.79. The molecule has 0 aliphatic heterocycles. The van der Waals surface area contributed by atoms with E-state index in [4.69, 9.17) is 16.7 Å². The zero-order valence-electron chi connectivity index (χ0n) is 7.87. The highest BCUT2D eigenvalue weighted by Gasteiger charge is 2.14. The molecule has 0 saturated heterocycles. The molecule has 0 aliphatic rings. The van der Waals surface area contributed by atoms with Crippen LogP contribution in [-0.2, 0) is 0 Å². The maximum absolute atomic E-state index is 11.0. The Morgan fingerprint density at radius 1 is 1.40 bits per heavy atom. The third-order valence-electron chi connectivity index (χ3n) is 1.71. The van der Waals surface area contributed by atoms with E-state index in [1.54, 1.807) is 0 Å². The van der Waals surface area contributed by atoms with Crippen LogP contribution < -0.4 is 10.6 Å². The molecule has 3 N–H and O–H groups in total. The second kappa shape index (κ2) is 4.65. The van der Waals surface area contributed by atoms with E-state index in [2.05, 4.69) is 10.6 Å². The van der Waals surface area contributed by atoms with Crippen LogP contribution in [0.25, 0.3) is 0 Å². The summed E-state index contributed by atoms with van der Waals surface area (Å²) in [5.41, 5.74) is 0.0390. The molecule has 0 atom stereocenters. The maximum Gasteiger partial charge on any atom is 0.337 e. The minimum absolute atomic E-state index is 0.0499. The summed E-state index contributed by atoms with van der Waals surface area (Å²) in [4.78, 5) is 21.8. The molecular formula is C9H9ClN2O3. The molecule has 15 heavy (non-hydrogen) atoms. The van der Waals surface area contributed by atoms with Crippen LogP contribution in [0.5, 0.6) is 0 Å². The molecule has 0 aliphatic carbocycles. The Kier molecular flexibility index (Phi) is 3.51. The summed E-state index contributed by atoms with van der Waals surface area (Å²) < 4.78 is 0. The van der Waals surface area contributed by atoms with Gasteiger partial charge in [-0.1, -0.05) is 17.7 Å². The summed E-state index contributed by atoms with van der Waals surface area (Å²) in [6.45, 7) is 0. The van der Waals surface area contributed by atoms with Crippen molar-refractivity contribution >= 4 is 29.3 Å². The van der Waals surface area contributed by atoms with Gasteiger partial charge in [0.05, 0.1) is 16.3 Å². The number of carboxylic acid groups (broad SMARTS) is 1. The molecule has 0 radical (unpaired) electrons. The van der Waals surface area contributed by atoms with Gasteiger partial charge in [-0.15, -0.1) is 0 Å². The monoisotopic (exact) mass is 228 g/mol. The Hall–Kier alpha value is -1.75. The highest BCUT2D eigenvalue weighted by molar-refractivity contribution is 6.34. The minimum Gasteiger partial charge on any atom is -0.478 e. The summed E-state index contributed by atoms with van der Waals surface area (Å²) in [6.07, 6.45) is 0. The first-order valence-electron chi connectivity index (χ1n) is 4.06. The molecule has 6 heteroatoms. The Balaban J connectivity index is 3.13. The van der Waals surface area contributed by atoms with E-state index in [9.17, 15) is 9.59 Å². The smallest absolute Gasteiger partial charge is 0.337 e. The van der Waals surface area contributed by atoms with Crippen LogP contribution in [0.2, 0.25) is 5.02 Å². The molecule has 1 aromatic rings. The summed E-state index contributed by atoms with van der Waals surface area (Å²) in [5, 5.41) is 13.7. The lowest BCUT2D eigenvalue weighted by atomic mass is 10.2. The number of aromatic carboxylic acids is 1. The number of hydrogen-bond acceptors (Lipinski definition) is 2. The number of para-hydroxylation sites is 1. The number of rotatable bonds is 2. The Bertz CT molecular complexity index is 406. The van der Waals surface area contributed by atoms with Gasteiger partial charge in [-0.05, 0) is 12.1 Å². The zero-order valence-corrected chi connectivity index (χ0v) is 8.63. The first-order valence-corrected chi connectivity index (χ1v) is 4.44. The van der Waals surface area contributed by atoms with E-state index in [0.29, 0.717) is 0 Å². The van der Waals surface area contributed by atoms with Crippen molar-refractivity contribution in [2.75, 3.05) is 12.4 Å². The molecule has 0 saturated carbocycles. The van der Waals surface area contributed by atoms with Gasteiger partial charge in [0.15, 0.2) is 0 Å². The second-order valence-electron chi connectivity index (χ2n) is 2.67.